The van der Waals surface area contributed by atoms with Crippen LogP contribution >= 0.6 is 11.3 Å². The molecule has 1 aliphatic rings. The number of benzene rings is 2. The van der Waals surface area contributed by atoms with E-state index in [-0.39, 0.29) is 5.91 Å². The number of para-hydroxylation sites is 2. The fourth-order valence-electron chi connectivity index (χ4n) is 4.40. The molecule has 1 saturated heterocycles. The van der Waals surface area contributed by atoms with Gasteiger partial charge in [-0.1, -0.05) is 30.3 Å². The number of carbonyl (C=O) groups is 1. The molecule has 154 valence electrons. The first-order chi connectivity index (χ1) is 14.8. The van der Waals surface area contributed by atoms with Gasteiger partial charge in [-0.2, -0.15) is 0 Å². The van der Waals surface area contributed by atoms with Gasteiger partial charge in [-0.05, 0) is 49.6 Å². The molecule has 0 saturated carbocycles. The molecule has 1 fully saturated rings. The van der Waals surface area contributed by atoms with Crippen LogP contribution in [0.5, 0.6) is 0 Å². The third-order valence-electron chi connectivity index (χ3n) is 5.92. The molecule has 30 heavy (non-hydrogen) atoms. The van der Waals surface area contributed by atoms with Crippen molar-refractivity contribution in [2.24, 2.45) is 0 Å². The van der Waals surface area contributed by atoms with Gasteiger partial charge in [0.25, 0.3) is 0 Å². The first kappa shape index (κ1) is 19.3. The van der Waals surface area contributed by atoms with Gasteiger partial charge in [0.1, 0.15) is 0 Å². The largest absolute Gasteiger partial charge is 0.361 e. The molecule has 0 bridgehead atoms. The van der Waals surface area contributed by atoms with Crippen LogP contribution in [0.2, 0.25) is 0 Å². The van der Waals surface area contributed by atoms with E-state index < -0.39 is 0 Å². The van der Waals surface area contributed by atoms with Gasteiger partial charge in [0.05, 0.1) is 21.8 Å². The predicted octanol–water partition coefficient (Wildman–Crippen LogP) is 4.32. The number of amides is 1. The Bertz CT molecular complexity index is 1130. The summed E-state index contributed by atoms with van der Waals surface area (Å²) in [7, 11) is 0. The second-order valence-electron chi connectivity index (χ2n) is 8.05. The molecule has 4 aromatic rings. The summed E-state index contributed by atoms with van der Waals surface area (Å²) in [5, 5.41) is 5.55. The zero-order valence-corrected chi connectivity index (χ0v) is 17.8. The van der Waals surface area contributed by atoms with E-state index in [0.717, 1.165) is 43.4 Å². The summed E-state index contributed by atoms with van der Waals surface area (Å²) in [4.78, 5) is 22.9. The molecule has 2 aromatic heterocycles. The molecule has 1 amide bonds. The van der Waals surface area contributed by atoms with Crippen molar-refractivity contribution >= 4 is 38.4 Å². The van der Waals surface area contributed by atoms with Crippen molar-refractivity contribution in [3.8, 4) is 0 Å². The van der Waals surface area contributed by atoms with Crippen LogP contribution in [0.3, 0.4) is 0 Å². The number of nitrogens with zero attached hydrogens (tertiary/aromatic N) is 2. The van der Waals surface area contributed by atoms with Gasteiger partial charge in [-0.3, -0.25) is 9.69 Å². The molecule has 2 N–H and O–H groups in total. The van der Waals surface area contributed by atoms with E-state index in [0.29, 0.717) is 19.0 Å². The fourth-order valence-corrected chi connectivity index (χ4v) is 5.49. The highest BCUT2D eigenvalue weighted by Crippen LogP contribution is 2.32. The zero-order valence-electron chi connectivity index (χ0n) is 16.9. The highest BCUT2D eigenvalue weighted by atomic mass is 32.1. The first-order valence-corrected chi connectivity index (χ1v) is 11.5. The van der Waals surface area contributed by atoms with Crippen molar-refractivity contribution in [2.75, 3.05) is 26.2 Å². The number of piperidine rings is 1. The average Bonchev–Trinajstić information content (AvgIpc) is 3.38. The van der Waals surface area contributed by atoms with E-state index in [1.807, 2.05) is 18.3 Å². The Morgan fingerprint density at radius 2 is 2.07 bits per heavy atom. The van der Waals surface area contributed by atoms with Crippen LogP contribution in [-0.2, 0) is 11.2 Å². The van der Waals surface area contributed by atoms with Crippen LogP contribution in [0.4, 0.5) is 0 Å². The van der Waals surface area contributed by atoms with Crippen molar-refractivity contribution in [1.82, 2.24) is 20.2 Å². The second kappa shape index (κ2) is 8.58. The molecule has 5 rings (SSSR count). The predicted molar refractivity (Wildman–Crippen MR) is 123 cm³/mol. The molecule has 0 spiro atoms. The quantitative estimate of drug-likeness (QED) is 0.490. The van der Waals surface area contributed by atoms with Gasteiger partial charge in [0.15, 0.2) is 0 Å². The smallest absolute Gasteiger partial charge is 0.234 e. The summed E-state index contributed by atoms with van der Waals surface area (Å²) in [5.41, 5.74) is 3.48. The zero-order chi connectivity index (χ0) is 20.3. The lowest BCUT2D eigenvalue weighted by molar-refractivity contribution is -0.122. The highest BCUT2D eigenvalue weighted by molar-refractivity contribution is 7.18. The monoisotopic (exact) mass is 418 g/mol. The van der Waals surface area contributed by atoms with Crippen LogP contribution in [-0.4, -0.2) is 47.0 Å². The maximum Gasteiger partial charge on any atom is 0.234 e. The van der Waals surface area contributed by atoms with E-state index >= 15 is 0 Å². The summed E-state index contributed by atoms with van der Waals surface area (Å²) in [6.07, 6.45) is 5.15. The molecule has 1 atom stereocenters. The van der Waals surface area contributed by atoms with Crippen molar-refractivity contribution in [1.29, 1.82) is 0 Å². The van der Waals surface area contributed by atoms with E-state index in [4.69, 9.17) is 4.98 Å². The number of nitrogens with one attached hydrogen (secondary N) is 2. The van der Waals surface area contributed by atoms with Gasteiger partial charge < -0.3 is 10.3 Å². The molecular formula is C24H26N4OS. The lowest BCUT2D eigenvalue weighted by Crippen LogP contribution is -2.42. The minimum Gasteiger partial charge on any atom is -0.361 e. The van der Waals surface area contributed by atoms with Crippen molar-refractivity contribution in [3.63, 3.8) is 0 Å². The number of fused-ring (bicyclic) bond motifs is 2. The van der Waals surface area contributed by atoms with Crippen LogP contribution in [0, 0.1) is 0 Å². The fraction of sp³-hybridized carbons (Fsp3) is 0.333. The molecule has 5 nitrogen and oxygen atoms in total. The van der Waals surface area contributed by atoms with Gasteiger partial charge in [0.2, 0.25) is 5.91 Å². The molecule has 1 aliphatic heterocycles. The SMILES string of the molecule is O=C(CN1CCCC(c2nc3ccccc3s2)C1)NCCc1c[nH]c2ccccc12. The Morgan fingerprint density at radius 1 is 1.20 bits per heavy atom. The van der Waals surface area contributed by atoms with Gasteiger partial charge in [-0.25, -0.2) is 4.98 Å². The van der Waals surface area contributed by atoms with E-state index in [1.165, 1.54) is 20.7 Å². The molecule has 2 aromatic carbocycles. The number of aromatic nitrogens is 2. The Hall–Kier alpha value is -2.70. The summed E-state index contributed by atoms with van der Waals surface area (Å²) < 4.78 is 1.25. The molecular weight excluding hydrogens is 392 g/mol. The lowest BCUT2D eigenvalue weighted by Gasteiger charge is -2.31. The number of likely N-dealkylation sites (tertiary alicyclic amines) is 1. The first-order valence-electron chi connectivity index (χ1n) is 10.7. The molecule has 3 heterocycles. The second-order valence-corrected chi connectivity index (χ2v) is 9.12. The van der Waals surface area contributed by atoms with E-state index in [1.54, 1.807) is 11.3 Å². The number of rotatable bonds is 6. The Kier molecular flexibility index (Phi) is 5.51. The van der Waals surface area contributed by atoms with Crippen molar-refractivity contribution < 1.29 is 4.79 Å². The highest BCUT2D eigenvalue weighted by Gasteiger charge is 2.25. The third kappa shape index (κ3) is 4.11. The maximum absolute atomic E-state index is 12.5. The molecule has 1 unspecified atom stereocenters. The number of hydrogen-bond donors (Lipinski definition) is 2. The van der Waals surface area contributed by atoms with Crippen LogP contribution in [0.15, 0.2) is 54.7 Å². The van der Waals surface area contributed by atoms with Crippen LogP contribution in [0.25, 0.3) is 21.1 Å². The minimum absolute atomic E-state index is 0.111. The molecule has 0 radical (unpaired) electrons. The Morgan fingerprint density at radius 3 is 3.00 bits per heavy atom. The number of thiazole rings is 1. The molecule has 6 heteroatoms. The Balaban J connectivity index is 1.14. The maximum atomic E-state index is 12.5. The number of carbonyl (C=O) groups excluding carboxylic acids is 1. The van der Waals surface area contributed by atoms with Crippen molar-refractivity contribution in [2.45, 2.75) is 25.2 Å². The summed E-state index contributed by atoms with van der Waals surface area (Å²) in [6.45, 7) is 3.03. The molecule has 0 aliphatic carbocycles. The number of H-pyrrole nitrogens is 1. The van der Waals surface area contributed by atoms with E-state index in [9.17, 15) is 4.79 Å². The standard InChI is InChI=1S/C24H26N4OS/c29-23(25-12-11-17-14-26-20-8-2-1-7-19(17)20)16-28-13-5-6-18(15-28)24-27-21-9-3-4-10-22(21)30-24/h1-4,7-10,14,18,26H,5-6,11-13,15-16H2,(H,25,29). The summed E-state index contributed by atoms with van der Waals surface area (Å²) >= 11 is 1.80. The normalized spacial score (nSPS) is 17.5. The Labute approximate surface area is 180 Å². The van der Waals surface area contributed by atoms with Gasteiger partial charge in [0, 0.05) is 36.1 Å². The lowest BCUT2D eigenvalue weighted by atomic mass is 9.99. The number of aromatic amines is 1. The summed E-state index contributed by atoms with van der Waals surface area (Å²) in [6, 6.07) is 16.6. The number of hydrogen-bond acceptors (Lipinski definition) is 4. The average molecular weight is 419 g/mol. The topological polar surface area (TPSA) is 61.0 Å². The van der Waals surface area contributed by atoms with Crippen LogP contribution < -0.4 is 5.32 Å². The van der Waals surface area contributed by atoms with E-state index in [2.05, 4.69) is 51.6 Å². The van der Waals surface area contributed by atoms with Crippen molar-refractivity contribution in [3.05, 3.63) is 65.3 Å². The third-order valence-corrected chi connectivity index (χ3v) is 7.12. The van der Waals surface area contributed by atoms with Gasteiger partial charge >= 0.3 is 0 Å². The van der Waals surface area contributed by atoms with Gasteiger partial charge in [-0.15, -0.1) is 11.3 Å². The van der Waals surface area contributed by atoms with Crippen LogP contribution in [0.1, 0.15) is 29.3 Å². The minimum atomic E-state index is 0.111. The summed E-state index contributed by atoms with van der Waals surface area (Å²) in [5.74, 6) is 0.537.